The van der Waals surface area contributed by atoms with Gasteiger partial charge in [-0.2, -0.15) is 0 Å². The lowest BCUT2D eigenvalue weighted by Gasteiger charge is -2.05. The molecule has 1 aromatic heterocycles. The molecule has 0 aliphatic carbocycles. The van der Waals surface area contributed by atoms with Crippen LogP contribution < -0.4 is 0 Å². The number of rotatable bonds is 5. The number of para-hydroxylation sites is 1. The van der Waals surface area contributed by atoms with E-state index in [9.17, 15) is 0 Å². The second-order valence-electron chi connectivity index (χ2n) is 4.44. The number of nitrogens with zero attached hydrogens (tertiary/aromatic N) is 1. The predicted octanol–water partition coefficient (Wildman–Crippen LogP) is 5.01. The molecular weight excluding hydrogens is 230 g/mol. The first-order chi connectivity index (χ1) is 8.31. The van der Waals surface area contributed by atoms with Gasteiger partial charge in [0, 0.05) is 5.39 Å². The minimum atomic E-state index is 0.667. The van der Waals surface area contributed by atoms with E-state index in [1.165, 1.54) is 36.6 Å². The van der Waals surface area contributed by atoms with Crippen LogP contribution in [0.3, 0.4) is 0 Å². The van der Waals surface area contributed by atoms with Gasteiger partial charge in [0.25, 0.3) is 0 Å². The highest BCUT2D eigenvalue weighted by Gasteiger charge is 2.04. The molecule has 1 aromatic carbocycles. The molecule has 0 amide bonds. The van der Waals surface area contributed by atoms with Crippen molar-refractivity contribution in [1.82, 2.24) is 4.98 Å². The van der Waals surface area contributed by atoms with Gasteiger partial charge in [0.05, 0.1) is 5.52 Å². The molecule has 0 aliphatic rings. The van der Waals surface area contributed by atoms with E-state index in [-0.39, 0.29) is 0 Å². The number of pyridine rings is 1. The first-order valence-corrected chi connectivity index (χ1v) is 6.73. The lowest BCUT2D eigenvalue weighted by molar-refractivity contribution is 0.666. The maximum Gasteiger partial charge on any atom is 0.132 e. The fourth-order valence-electron chi connectivity index (χ4n) is 2.05. The fourth-order valence-corrected chi connectivity index (χ4v) is 2.29. The Morgan fingerprint density at radius 2 is 1.94 bits per heavy atom. The zero-order valence-electron chi connectivity index (χ0n) is 10.2. The monoisotopic (exact) mass is 247 g/mol. The number of fused-ring (bicyclic) bond motifs is 1. The van der Waals surface area contributed by atoms with Gasteiger partial charge < -0.3 is 0 Å². The molecule has 0 atom stereocenters. The summed E-state index contributed by atoms with van der Waals surface area (Å²) in [6.45, 7) is 2.23. The first-order valence-electron chi connectivity index (χ1n) is 6.35. The van der Waals surface area contributed by atoms with Gasteiger partial charge in [-0.15, -0.1) is 0 Å². The van der Waals surface area contributed by atoms with Crippen LogP contribution in [0, 0.1) is 0 Å². The van der Waals surface area contributed by atoms with Crippen molar-refractivity contribution in [2.45, 2.75) is 39.0 Å². The molecule has 0 saturated heterocycles. The van der Waals surface area contributed by atoms with Gasteiger partial charge in [-0.3, -0.25) is 0 Å². The van der Waals surface area contributed by atoms with Crippen molar-refractivity contribution in [3.63, 3.8) is 0 Å². The predicted molar refractivity (Wildman–Crippen MR) is 74.6 cm³/mol. The van der Waals surface area contributed by atoms with Gasteiger partial charge in [0.15, 0.2) is 0 Å². The van der Waals surface area contributed by atoms with Crippen molar-refractivity contribution in [2.24, 2.45) is 0 Å². The Labute approximate surface area is 108 Å². The molecule has 0 bridgehead atoms. The Kier molecular flexibility index (Phi) is 4.38. The van der Waals surface area contributed by atoms with Crippen LogP contribution in [0.4, 0.5) is 0 Å². The molecule has 0 saturated carbocycles. The van der Waals surface area contributed by atoms with Gasteiger partial charge in [-0.1, -0.05) is 56.0 Å². The van der Waals surface area contributed by atoms with E-state index in [0.29, 0.717) is 5.15 Å². The van der Waals surface area contributed by atoms with Crippen LogP contribution in [-0.4, -0.2) is 4.98 Å². The van der Waals surface area contributed by atoms with Crippen molar-refractivity contribution < 1.29 is 0 Å². The van der Waals surface area contributed by atoms with E-state index < -0.39 is 0 Å². The Balaban J connectivity index is 2.14. The Morgan fingerprint density at radius 1 is 1.12 bits per heavy atom. The van der Waals surface area contributed by atoms with Crippen LogP contribution in [-0.2, 0) is 6.42 Å². The number of halogens is 1. The number of aromatic nitrogens is 1. The third-order valence-electron chi connectivity index (χ3n) is 3.05. The summed E-state index contributed by atoms with van der Waals surface area (Å²) in [5.74, 6) is 0. The minimum absolute atomic E-state index is 0.667. The highest BCUT2D eigenvalue weighted by atomic mass is 35.5. The molecule has 17 heavy (non-hydrogen) atoms. The van der Waals surface area contributed by atoms with Crippen LogP contribution in [0.1, 0.15) is 38.2 Å². The molecule has 0 spiro atoms. The van der Waals surface area contributed by atoms with E-state index in [1.54, 1.807) is 0 Å². The highest BCUT2D eigenvalue weighted by molar-refractivity contribution is 6.30. The Bertz CT molecular complexity index is 493. The second kappa shape index (κ2) is 6.02. The maximum absolute atomic E-state index is 6.20. The van der Waals surface area contributed by atoms with Crippen LogP contribution in [0.5, 0.6) is 0 Å². The molecule has 0 aliphatic heterocycles. The SMILES string of the molecule is CCCCCCc1cc2ccccc2nc1Cl. The van der Waals surface area contributed by atoms with Crippen LogP contribution in [0.15, 0.2) is 30.3 Å². The lowest BCUT2D eigenvalue weighted by atomic mass is 10.1. The third-order valence-corrected chi connectivity index (χ3v) is 3.38. The molecule has 1 heterocycles. The molecule has 2 heteroatoms. The quantitative estimate of drug-likeness (QED) is 0.535. The smallest absolute Gasteiger partial charge is 0.132 e. The number of hydrogen-bond acceptors (Lipinski definition) is 1. The van der Waals surface area contributed by atoms with Crippen molar-refractivity contribution in [3.8, 4) is 0 Å². The summed E-state index contributed by atoms with van der Waals surface area (Å²) >= 11 is 6.20. The van der Waals surface area contributed by atoms with E-state index in [0.717, 1.165) is 11.9 Å². The molecular formula is C15H18ClN. The summed E-state index contributed by atoms with van der Waals surface area (Å²) < 4.78 is 0. The van der Waals surface area contributed by atoms with Crippen molar-refractivity contribution >= 4 is 22.5 Å². The standard InChI is InChI=1S/C15H18ClN/c1-2-3-4-5-9-13-11-12-8-6-7-10-14(12)17-15(13)16/h6-8,10-11H,2-5,9H2,1H3. The molecule has 0 radical (unpaired) electrons. The average molecular weight is 248 g/mol. The van der Waals surface area contributed by atoms with Gasteiger partial charge in [0.2, 0.25) is 0 Å². The number of unbranched alkanes of at least 4 members (excludes halogenated alkanes) is 3. The molecule has 0 fully saturated rings. The number of aryl methyl sites for hydroxylation is 1. The molecule has 0 N–H and O–H groups in total. The normalized spacial score (nSPS) is 10.9. The Morgan fingerprint density at radius 3 is 2.76 bits per heavy atom. The van der Waals surface area contributed by atoms with Crippen LogP contribution in [0.25, 0.3) is 10.9 Å². The summed E-state index contributed by atoms with van der Waals surface area (Å²) in [5, 5.41) is 1.85. The van der Waals surface area contributed by atoms with E-state index >= 15 is 0 Å². The summed E-state index contributed by atoms with van der Waals surface area (Å²) in [7, 11) is 0. The largest absolute Gasteiger partial charge is 0.236 e. The minimum Gasteiger partial charge on any atom is -0.236 e. The van der Waals surface area contributed by atoms with E-state index in [1.807, 2.05) is 18.2 Å². The van der Waals surface area contributed by atoms with Gasteiger partial charge in [-0.25, -0.2) is 4.98 Å². The first kappa shape index (κ1) is 12.4. The van der Waals surface area contributed by atoms with Gasteiger partial charge in [-0.05, 0) is 30.5 Å². The molecule has 0 unspecified atom stereocenters. The zero-order chi connectivity index (χ0) is 12.1. The van der Waals surface area contributed by atoms with Crippen LogP contribution >= 0.6 is 11.6 Å². The summed E-state index contributed by atoms with van der Waals surface area (Å²) in [6.07, 6.45) is 6.09. The summed E-state index contributed by atoms with van der Waals surface area (Å²) in [4.78, 5) is 4.44. The lowest BCUT2D eigenvalue weighted by Crippen LogP contribution is -1.91. The molecule has 2 rings (SSSR count). The Hall–Kier alpha value is -1.08. The maximum atomic E-state index is 6.20. The summed E-state index contributed by atoms with van der Waals surface area (Å²) in [5.41, 5.74) is 2.16. The van der Waals surface area contributed by atoms with Gasteiger partial charge >= 0.3 is 0 Å². The molecule has 2 aromatic rings. The fraction of sp³-hybridized carbons (Fsp3) is 0.400. The number of benzene rings is 1. The highest BCUT2D eigenvalue weighted by Crippen LogP contribution is 2.22. The van der Waals surface area contributed by atoms with Crippen LogP contribution in [0.2, 0.25) is 5.15 Å². The molecule has 90 valence electrons. The van der Waals surface area contributed by atoms with Crippen molar-refractivity contribution in [3.05, 3.63) is 41.0 Å². The van der Waals surface area contributed by atoms with Crippen molar-refractivity contribution in [1.29, 1.82) is 0 Å². The van der Waals surface area contributed by atoms with Crippen molar-refractivity contribution in [2.75, 3.05) is 0 Å². The molecule has 1 nitrogen and oxygen atoms in total. The summed E-state index contributed by atoms with van der Waals surface area (Å²) in [6, 6.07) is 10.3. The van der Waals surface area contributed by atoms with Gasteiger partial charge in [0.1, 0.15) is 5.15 Å². The average Bonchev–Trinajstić information content (AvgIpc) is 2.35. The third kappa shape index (κ3) is 3.19. The zero-order valence-corrected chi connectivity index (χ0v) is 11.0. The van der Waals surface area contributed by atoms with E-state index in [4.69, 9.17) is 11.6 Å². The second-order valence-corrected chi connectivity index (χ2v) is 4.80. The number of hydrogen-bond donors (Lipinski definition) is 0. The topological polar surface area (TPSA) is 12.9 Å². The van der Waals surface area contributed by atoms with E-state index in [2.05, 4.69) is 24.0 Å².